The molecule has 2 aromatic heterocycles. The summed E-state index contributed by atoms with van der Waals surface area (Å²) in [7, 11) is 1.48. The third-order valence-corrected chi connectivity index (χ3v) is 6.17. The Hall–Kier alpha value is -4.51. The van der Waals surface area contributed by atoms with Gasteiger partial charge in [-0.15, -0.1) is 0 Å². The van der Waals surface area contributed by atoms with Crippen LogP contribution in [0.3, 0.4) is 0 Å². The van der Waals surface area contributed by atoms with E-state index < -0.39 is 18.0 Å². The summed E-state index contributed by atoms with van der Waals surface area (Å²) in [5, 5.41) is 10.8. The number of carbonyl (C=O) groups is 3. The molecule has 4 rings (SSSR count). The van der Waals surface area contributed by atoms with Crippen molar-refractivity contribution in [3.05, 3.63) is 71.0 Å². The van der Waals surface area contributed by atoms with Crippen molar-refractivity contribution in [2.24, 2.45) is 5.73 Å². The molecule has 2 amide bonds. The van der Waals surface area contributed by atoms with Gasteiger partial charge in [-0.3, -0.25) is 29.5 Å². The van der Waals surface area contributed by atoms with Crippen LogP contribution in [-0.4, -0.2) is 44.5 Å². The van der Waals surface area contributed by atoms with Crippen LogP contribution in [0.25, 0.3) is 11.0 Å². The van der Waals surface area contributed by atoms with E-state index in [4.69, 9.17) is 10.5 Å². The van der Waals surface area contributed by atoms with Gasteiger partial charge in [-0.05, 0) is 44.0 Å². The highest BCUT2D eigenvalue weighted by Crippen LogP contribution is 2.34. The number of nitrogens with two attached hydrogens (primary N) is 1. The molecule has 0 aliphatic carbocycles. The first-order valence-corrected chi connectivity index (χ1v) is 12.3. The van der Waals surface area contributed by atoms with Crippen molar-refractivity contribution in [3.63, 3.8) is 0 Å². The summed E-state index contributed by atoms with van der Waals surface area (Å²) in [4.78, 5) is 41.4. The van der Waals surface area contributed by atoms with Crippen molar-refractivity contribution in [2.45, 2.75) is 45.9 Å². The summed E-state index contributed by atoms with van der Waals surface area (Å²) in [5.74, 6) is -0.443. The quantitative estimate of drug-likeness (QED) is 0.245. The Labute approximate surface area is 220 Å². The number of methoxy groups -OCH3 is 1. The lowest BCUT2D eigenvalue weighted by atomic mass is 10.1. The number of benzene rings is 2. The van der Waals surface area contributed by atoms with Crippen LogP contribution in [0.5, 0.6) is 5.75 Å². The maximum atomic E-state index is 13.4. The Morgan fingerprint density at radius 2 is 1.95 bits per heavy atom. The van der Waals surface area contributed by atoms with E-state index in [0.29, 0.717) is 47.7 Å². The first kappa shape index (κ1) is 26.6. The topological polar surface area (TPSA) is 146 Å². The fraction of sp³-hybridized carbons (Fsp3) is 0.296. The lowest BCUT2D eigenvalue weighted by Crippen LogP contribution is -2.29. The van der Waals surface area contributed by atoms with Gasteiger partial charge < -0.3 is 15.3 Å². The smallest absolute Gasteiger partial charge is 0.276 e. The molecule has 0 radical (unpaired) electrons. The van der Waals surface area contributed by atoms with Gasteiger partial charge in [-0.25, -0.2) is 4.98 Å². The Morgan fingerprint density at radius 3 is 2.61 bits per heavy atom. The van der Waals surface area contributed by atoms with E-state index in [0.717, 1.165) is 11.8 Å². The number of imidazole rings is 1. The first-order valence-electron chi connectivity index (χ1n) is 12.3. The molecule has 4 N–H and O–H groups in total. The molecular formula is C27H31N7O4. The maximum absolute atomic E-state index is 13.4. The highest BCUT2D eigenvalue weighted by atomic mass is 16.5. The van der Waals surface area contributed by atoms with Crippen molar-refractivity contribution >= 4 is 35.1 Å². The molecule has 2 aromatic carbocycles. The standard InChI is InChI=1S/C27H31N7O4/c1-4-33-21(13-17(2)32-33)26(37)31-27-30-20-14-19(25(28)36)15-22(38-3)24(20)34(27)23(11-8-12-35)29-16-18-9-6-5-7-10-18/h5-7,9-10,12-15,23,29H,4,8,11,16H2,1-3H3,(H2,28,36)(H,30,31,37). The zero-order valence-corrected chi connectivity index (χ0v) is 21.6. The van der Waals surface area contributed by atoms with Crippen LogP contribution in [0.15, 0.2) is 48.5 Å². The second-order valence-electron chi connectivity index (χ2n) is 8.78. The summed E-state index contributed by atoms with van der Waals surface area (Å²) < 4.78 is 9.03. The van der Waals surface area contributed by atoms with Crippen LogP contribution < -0.4 is 21.1 Å². The van der Waals surface area contributed by atoms with Gasteiger partial charge in [-0.1, -0.05) is 30.3 Å². The number of ether oxygens (including phenoxy) is 1. The van der Waals surface area contributed by atoms with Crippen molar-refractivity contribution < 1.29 is 19.1 Å². The van der Waals surface area contributed by atoms with Gasteiger partial charge >= 0.3 is 0 Å². The lowest BCUT2D eigenvalue weighted by molar-refractivity contribution is -0.108. The van der Waals surface area contributed by atoms with E-state index in [1.165, 1.54) is 13.2 Å². The molecule has 38 heavy (non-hydrogen) atoms. The minimum Gasteiger partial charge on any atom is -0.494 e. The largest absolute Gasteiger partial charge is 0.494 e. The molecule has 198 valence electrons. The molecule has 0 fully saturated rings. The lowest BCUT2D eigenvalue weighted by Gasteiger charge is -2.23. The molecule has 0 spiro atoms. The van der Waals surface area contributed by atoms with Gasteiger partial charge in [-0.2, -0.15) is 5.10 Å². The number of fused-ring (bicyclic) bond motifs is 1. The number of hydrogen-bond donors (Lipinski definition) is 3. The Balaban J connectivity index is 1.84. The Kier molecular flexibility index (Phi) is 8.17. The number of aromatic nitrogens is 4. The number of aryl methyl sites for hydroxylation is 2. The summed E-state index contributed by atoms with van der Waals surface area (Å²) in [6.45, 7) is 4.74. The normalized spacial score (nSPS) is 11.9. The molecule has 11 heteroatoms. The molecule has 0 saturated heterocycles. The number of anilines is 1. The predicted octanol–water partition coefficient (Wildman–Crippen LogP) is 3.19. The monoisotopic (exact) mass is 517 g/mol. The summed E-state index contributed by atoms with van der Waals surface area (Å²) in [5.41, 5.74) is 8.86. The van der Waals surface area contributed by atoms with Gasteiger partial charge in [0.25, 0.3) is 5.91 Å². The van der Waals surface area contributed by atoms with Crippen LogP contribution in [0.1, 0.15) is 58.0 Å². The highest BCUT2D eigenvalue weighted by Gasteiger charge is 2.25. The molecule has 11 nitrogen and oxygen atoms in total. The first-order chi connectivity index (χ1) is 18.4. The maximum Gasteiger partial charge on any atom is 0.276 e. The zero-order chi connectivity index (χ0) is 27.2. The number of aldehydes is 1. The van der Waals surface area contributed by atoms with Gasteiger partial charge in [0.05, 0.1) is 24.5 Å². The second kappa shape index (κ2) is 11.7. The molecule has 0 saturated carbocycles. The average molecular weight is 518 g/mol. The van der Waals surface area contributed by atoms with E-state index in [9.17, 15) is 14.4 Å². The predicted molar refractivity (Wildman–Crippen MR) is 143 cm³/mol. The summed E-state index contributed by atoms with van der Waals surface area (Å²) >= 11 is 0. The molecular weight excluding hydrogens is 486 g/mol. The van der Waals surface area contributed by atoms with Crippen molar-refractivity contribution in [1.82, 2.24) is 24.6 Å². The number of nitrogens with zero attached hydrogens (tertiary/aromatic N) is 4. The molecule has 0 aliphatic heterocycles. The van der Waals surface area contributed by atoms with Crippen LogP contribution in [0.2, 0.25) is 0 Å². The summed E-state index contributed by atoms with van der Waals surface area (Å²) in [6, 6.07) is 14.6. The van der Waals surface area contributed by atoms with Gasteiger partial charge in [0.1, 0.15) is 23.2 Å². The minimum absolute atomic E-state index is 0.221. The van der Waals surface area contributed by atoms with Crippen LogP contribution >= 0.6 is 0 Å². The Bertz CT molecular complexity index is 1460. The van der Waals surface area contributed by atoms with Gasteiger partial charge in [0.15, 0.2) is 0 Å². The van der Waals surface area contributed by atoms with Crippen molar-refractivity contribution in [2.75, 3.05) is 12.4 Å². The fourth-order valence-electron chi connectivity index (χ4n) is 4.40. The van der Waals surface area contributed by atoms with Crippen LogP contribution in [0, 0.1) is 6.92 Å². The number of primary amides is 1. The van der Waals surface area contributed by atoms with E-state index >= 15 is 0 Å². The molecule has 4 aromatic rings. The fourth-order valence-corrected chi connectivity index (χ4v) is 4.40. The molecule has 2 heterocycles. The molecule has 1 unspecified atom stereocenters. The number of rotatable bonds is 12. The molecule has 0 aliphatic rings. The van der Waals surface area contributed by atoms with Crippen molar-refractivity contribution in [1.29, 1.82) is 0 Å². The SMILES string of the molecule is CCn1nc(C)cc1C(=O)Nc1nc2cc(C(N)=O)cc(OC)c2n1C(CCC=O)NCc1ccccc1. The number of nitrogens with one attached hydrogen (secondary N) is 2. The summed E-state index contributed by atoms with van der Waals surface area (Å²) in [6.07, 6.45) is 1.08. The van der Waals surface area contributed by atoms with E-state index in [2.05, 4.69) is 20.7 Å². The number of hydrogen-bond acceptors (Lipinski definition) is 7. The van der Waals surface area contributed by atoms with E-state index in [1.54, 1.807) is 21.4 Å². The van der Waals surface area contributed by atoms with E-state index in [1.807, 2.05) is 44.2 Å². The Morgan fingerprint density at radius 1 is 1.18 bits per heavy atom. The highest BCUT2D eigenvalue weighted by molar-refractivity contribution is 6.04. The third kappa shape index (κ3) is 5.57. The zero-order valence-electron chi connectivity index (χ0n) is 21.6. The van der Waals surface area contributed by atoms with Gasteiger partial charge in [0.2, 0.25) is 11.9 Å². The average Bonchev–Trinajstić information content (AvgIpc) is 3.48. The van der Waals surface area contributed by atoms with E-state index in [-0.39, 0.29) is 17.9 Å². The van der Waals surface area contributed by atoms with Crippen LogP contribution in [-0.2, 0) is 17.9 Å². The third-order valence-electron chi connectivity index (χ3n) is 6.17. The van der Waals surface area contributed by atoms with Gasteiger partial charge in [0, 0.05) is 25.1 Å². The molecule has 0 bridgehead atoms. The van der Waals surface area contributed by atoms with Crippen LogP contribution in [0.4, 0.5) is 5.95 Å². The molecule has 1 atom stereocenters. The minimum atomic E-state index is -0.632. The number of carbonyl (C=O) groups excluding carboxylic acids is 3. The number of amides is 2. The van der Waals surface area contributed by atoms with Crippen molar-refractivity contribution in [3.8, 4) is 5.75 Å². The second-order valence-corrected chi connectivity index (χ2v) is 8.78.